The molecule has 1 heterocycles. The van der Waals surface area contributed by atoms with Gasteiger partial charge in [-0.15, -0.1) is 0 Å². The van der Waals surface area contributed by atoms with Crippen molar-refractivity contribution in [2.75, 3.05) is 5.32 Å². The maximum absolute atomic E-state index is 13.6. The summed E-state index contributed by atoms with van der Waals surface area (Å²) in [5.74, 6) is -0.197. The molecule has 0 fully saturated rings. The molecule has 0 radical (unpaired) electrons. The van der Waals surface area contributed by atoms with Crippen molar-refractivity contribution in [1.29, 1.82) is 0 Å². The third-order valence-corrected chi connectivity index (χ3v) is 3.40. The van der Waals surface area contributed by atoms with E-state index in [-0.39, 0.29) is 5.69 Å². The van der Waals surface area contributed by atoms with Crippen LogP contribution < -0.4 is 10.6 Å². The number of halogens is 2. The minimum atomic E-state index is -0.678. The van der Waals surface area contributed by atoms with Gasteiger partial charge in [0, 0.05) is 6.07 Å². The highest BCUT2D eigenvalue weighted by Crippen LogP contribution is 2.17. The minimum absolute atomic E-state index is 0.151. The van der Waals surface area contributed by atoms with Crippen LogP contribution in [-0.4, -0.2) is 9.97 Å². The molecule has 3 rings (SSSR count). The second kappa shape index (κ2) is 6.95. The van der Waals surface area contributed by atoms with E-state index >= 15 is 0 Å². The fraction of sp³-hybridized carbons (Fsp3) is 0.0556. The Morgan fingerprint density at radius 2 is 1.92 bits per heavy atom. The lowest BCUT2D eigenvalue weighted by atomic mass is 10.2. The fourth-order valence-electron chi connectivity index (χ4n) is 2.20. The number of hydrogen-bond donors (Lipinski definition) is 3. The van der Waals surface area contributed by atoms with Crippen LogP contribution in [0.2, 0.25) is 0 Å². The molecule has 0 aliphatic carbocycles. The van der Waals surface area contributed by atoms with Gasteiger partial charge in [-0.2, -0.15) is 0 Å². The molecule has 0 saturated heterocycles. The van der Waals surface area contributed by atoms with Crippen molar-refractivity contribution >= 4 is 5.69 Å². The summed E-state index contributed by atoms with van der Waals surface area (Å²) in [4.78, 5) is 7.49. The summed E-state index contributed by atoms with van der Waals surface area (Å²) >= 11 is 0. The molecule has 0 aliphatic rings. The number of aromatic nitrogens is 2. The Labute approximate surface area is 138 Å². The molecule has 2 aromatic carbocycles. The van der Waals surface area contributed by atoms with E-state index < -0.39 is 11.6 Å². The summed E-state index contributed by atoms with van der Waals surface area (Å²) in [6.45, 7) is 4.16. The van der Waals surface area contributed by atoms with Crippen LogP contribution in [0.5, 0.6) is 0 Å². The standard InChI is InChI=1S/C18H16F2N4/c1-12(23-16-8-7-14(19)9-15(16)20)21-11-18-22-10-17(24-18)13-5-3-2-4-6-13/h2-10,21,23H,1,11H2,(H,22,24). The Morgan fingerprint density at radius 3 is 2.67 bits per heavy atom. The monoisotopic (exact) mass is 326 g/mol. The van der Waals surface area contributed by atoms with E-state index in [1.807, 2.05) is 30.3 Å². The molecule has 0 atom stereocenters. The number of nitrogens with one attached hydrogen (secondary N) is 3. The zero-order chi connectivity index (χ0) is 16.9. The summed E-state index contributed by atoms with van der Waals surface area (Å²) in [5.41, 5.74) is 2.11. The first kappa shape index (κ1) is 15.7. The van der Waals surface area contributed by atoms with Crippen molar-refractivity contribution < 1.29 is 8.78 Å². The van der Waals surface area contributed by atoms with Gasteiger partial charge in [0.25, 0.3) is 0 Å². The van der Waals surface area contributed by atoms with Gasteiger partial charge in [0.15, 0.2) is 0 Å². The van der Waals surface area contributed by atoms with Crippen molar-refractivity contribution in [1.82, 2.24) is 15.3 Å². The lowest BCUT2D eigenvalue weighted by Crippen LogP contribution is -2.19. The Kier molecular flexibility index (Phi) is 4.56. The first-order chi connectivity index (χ1) is 11.6. The largest absolute Gasteiger partial charge is 0.365 e. The average Bonchev–Trinajstić information content (AvgIpc) is 3.05. The molecule has 0 unspecified atom stereocenters. The van der Waals surface area contributed by atoms with Crippen LogP contribution in [0.1, 0.15) is 5.82 Å². The molecule has 3 N–H and O–H groups in total. The quantitative estimate of drug-likeness (QED) is 0.641. The number of aromatic amines is 1. The van der Waals surface area contributed by atoms with Gasteiger partial charge in [0.05, 0.1) is 29.9 Å². The zero-order valence-electron chi connectivity index (χ0n) is 12.8. The van der Waals surface area contributed by atoms with Crippen molar-refractivity contribution in [3.05, 3.63) is 84.6 Å². The topological polar surface area (TPSA) is 52.7 Å². The summed E-state index contributed by atoms with van der Waals surface area (Å²) in [7, 11) is 0. The maximum Gasteiger partial charge on any atom is 0.149 e. The Balaban J connectivity index is 1.58. The predicted molar refractivity (Wildman–Crippen MR) is 90.0 cm³/mol. The fourth-order valence-corrected chi connectivity index (χ4v) is 2.20. The van der Waals surface area contributed by atoms with E-state index in [1.54, 1.807) is 6.20 Å². The van der Waals surface area contributed by atoms with E-state index in [9.17, 15) is 8.78 Å². The number of anilines is 1. The van der Waals surface area contributed by atoms with Crippen LogP contribution in [0.4, 0.5) is 14.5 Å². The van der Waals surface area contributed by atoms with Gasteiger partial charge in [-0.3, -0.25) is 0 Å². The second-order valence-electron chi connectivity index (χ2n) is 5.19. The summed E-state index contributed by atoms with van der Waals surface area (Å²) < 4.78 is 26.5. The second-order valence-corrected chi connectivity index (χ2v) is 5.19. The van der Waals surface area contributed by atoms with Crippen LogP contribution >= 0.6 is 0 Å². The molecule has 0 bridgehead atoms. The highest BCUT2D eigenvalue weighted by molar-refractivity contribution is 5.58. The molecule has 0 amide bonds. The van der Waals surface area contributed by atoms with E-state index in [1.165, 1.54) is 12.1 Å². The van der Waals surface area contributed by atoms with Gasteiger partial charge in [0.1, 0.15) is 17.5 Å². The summed E-state index contributed by atoms with van der Waals surface area (Å²) in [6.07, 6.45) is 1.75. The van der Waals surface area contributed by atoms with Crippen LogP contribution in [0.15, 0.2) is 67.1 Å². The average molecular weight is 326 g/mol. The number of imidazole rings is 1. The first-order valence-corrected chi connectivity index (χ1v) is 7.36. The van der Waals surface area contributed by atoms with E-state index in [0.29, 0.717) is 12.4 Å². The van der Waals surface area contributed by atoms with Gasteiger partial charge in [-0.05, 0) is 17.7 Å². The SMILES string of the molecule is C=C(NCc1ncc(-c2ccccc2)[nH]1)Nc1ccc(F)cc1F. The van der Waals surface area contributed by atoms with Gasteiger partial charge < -0.3 is 15.6 Å². The van der Waals surface area contributed by atoms with E-state index in [0.717, 1.165) is 23.1 Å². The van der Waals surface area contributed by atoms with Gasteiger partial charge in [-0.1, -0.05) is 36.9 Å². The molecule has 4 nitrogen and oxygen atoms in total. The van der Waals surface area contributed by atoms with Crippen LogP contribution in [-0.2, 0) is 6.54 Å². The van der Waals surface area contributed by atoms with Crippen molar-refractivity contribution in [2.24, 2.45) is 0 Å². The van der Waals surface area contributed by atoms with Crippen molar-refractivity contribution in [3.63, 3.8) is 0 Å². The lowest BCUT2D eigenvalue weighted by molar-refractivity contribution is 0.585. The normalized spacial score (nSPS) is 10.4. The lowest BCUT2D eigenvalue weighted by Gasteiger charge is -2.12. The predicted octanol–water partition coefficient (Wildman–Crippen LogP) is 4.03. The Morgan fingerprint density at radius 1 is 1.12 bits per heavy atom. The molecule has 3 aromatic rings. The van der Waals surface area contributed by atoms with Crippen LogP contribution in [0.25, 0.3) is 11.3 Å². The van der Waals surface area contributed by atoms with Crippen LogP contribution in [0, 0.1) is 11.6 Å². The van der Waals surface area contributed by atoms with Gasteiger partial charge >= 0.3 is 0 Å². The summed E-state index contributed by atoms with van der Waals surface area (Å²) in [6, 6.07) is 13.1. The van der Waals surface area contributed by atoms with Crippen molar-refractivity contribution in [3.8, 4) is 11.3 Å². The molecule has 0 saturated carbocycles. The molecule has 0 spiro atoms. The van der Waals surface area contributed by atoms with Gasteiger partial charge in [0.2, 0.25) is 0 Å². The first-order valence-electron chi connectivity index (χ1n) is 7.36. The molecule has 6 heteroatoms. The minimum Gasteiger partial charge on any atom is -0.365 e. The summed E-state index contributed by atoms with van der Waals surface area (Å²) in [5, 5.41) is 5.75. The maximum atomic E-state index is 13.6. The molecular formula is C18H16F2N4. The number of H-pyrrole nitrogens is 1. The zero-order valence-corrected chi connectivity index (χ0v) is 12.8. The number of benzene rings is 2. The third kappa shape index (κ3) is 3.78. The Bertz CT molecular complexity index is 843. The van der Waals surface area contributed by atoms with E-state index in [4.69, 9.17) is 0 Å². The highest BCUT2D eigenvalue weighted by Gasteiger charge is 2.06. The third-order valence-electron chi connectivity index (χ3n) is 3.40. The number of rotatable bonds is 6. The Hall–Kier alpha value is -3.15. The number of nitrogens with zero attached hydrogens (tertiary/aromatic N) is 1. The van der Waals surface area contributed by atoms with E-state index in [2.05, 4.69) is 27.2 Å². The molecule has 122 valence electrons. The smallest absolute Gasteiger partial charge is 0.149 e. The van der Waals surface area contributed by atoms with Crippen molar-refractivity contribution in [2.45, 2.75) is 6.54 Å². The highest BCUT2D eigenvalue weighted by atomic mass is 19.1. The molecule has 24 heavy (non-hydrogen) atoms. The molecular weight excluding hydrogens is 310 g/mol. The van der Waals surface area contributed by atoms with Gasteiger partial charge in [-0.25, -0.2) is 13.8 Å². The number of hydrogen-bond acceptors (Lipinski definition) is 3. The van der Waals surface area contributed by atoms with Crippen LogP contribution in [0.3, 0.4) is 0 Å². The molecule has 1 aromatic heterocycles. The molecule has 0 aliphatic heterocycles.